The largest absolute Gasteiger partial charge is 0.480 e. The van der Waals surface area contributed by atoms with Gasteiger partial charge in [-0.3, -0.25) is 0 Å². The van der Waals surface area contributed by atoms with E-state index < -0.39 is 12.0 Å². The molecule has 0 aliphatic heterocycles. The summed E-state index contributed by atoms with van der Waals surface area (Å²) in [7, 11) is 0. The zero-order valence-corrected chi connectivity index (χ0v) is 10.2. The molecule has 1 rings (SSSR count). The summed E-state index contributed by atoms with van der Waals surface area (Å²) in [5.41, 5.74) is 0.717. The molecule has 1 aromatic rings. The number of anilines is 1. The number of aliphatic carboxylic acids is 1. The van der Waals surface area contributed by atoms with Crippen molar-refractivity contribution in [1.29, 1.82) is 0 Å². The van der Waals surface area contributed by atoms with E-state index in [9.17, 15) is 4.79 Å². The summed E-state index contributed by atoms with van der Waals surface area (Å²) in [5, 5.41) is 11.8. The first-order valence-electron chi connectivity index (χ1n) is 5.53. The molecule has 0 radical (unpaired) electrons. The van der Waals surface area contributed by atoms with Gasteiger partial charge in [0.2, 0.25) is 5.88 Å². The number of carboxylic acid groups (broad SMARTS) is 1. The smallest absolute Gasteiger partial charge is 0.326 e. The maximum Gasteiger partial charge on any atom is 0.326 e. The Morgan fingerprint density at radius 1 is 1.53 bits per heavy atom. The molecule has 2 N–H and O–H groups in total. The van der Waals surface area contributed by atoms with E-state index in [4.69, 9.17) is 9.84 Å². The van der Waals surface area contributed by atoms with Gasteiger partial charge in [0.25, 0.3) is 0 Å². The molecule has 94 valence electrons. The van der Waals surface area contributed by atoms with Crippen LogP contribution in [0.2, 0.25) is 0 Å². The third kappa shape index (κ3) is 3.30. The van der Waals surface area contributed by atoms with E-state index >= 15 is 0 Å². The van der Waals surface area contributed by atoms with Crippen molar-refractivity contribution in [1.82, 2.24) is 9.97 Å². The fourth-order valence-corrected chi connectivity index (χ4v) is 1.37. The van der Waals surface area contributed by atoms with Crippen LogP contribution in [-0.2, 0) is 4.79 Å². The van der Waals surface area contributed by atoms with Crippen molar-refractivity contribution in [2.75, 3.05) is 11.9 Å². The first kappa shape index (κ1) is 13.2. The molecule has 0 spiro atoms. The van der Waals surface area contributed by atoms with E-state index in [1.54, 1.807) is 13.8 Å². The highest BCUT2D eigenvalue weighted by molar-refractivity contribution is 5.77. The molecule has 1 unspecified atom stereocenters. The van der Waals surface area contributed by atoms with E-state index in [2.05, 4.69) is 15.3 Å². The van der Waals surface area contributed by atoms with Crippen molar-refractivity contribution < 1.29 is 14.6 Å². The molecular weight excluding hydrogens is 222 g/mol. The maximum atomic E-state index is 10.9. The van der Waals surface area contributed by atoms with Gasteiger partial charge in [0.15, 0.2) is 0 Å². The quantitative estimate of drug-likeness (QED) is 0.781. The predicted octanol–water partition coefficient (Wildman–Crippen LogP) is 1.46. The third-order valence-electron chi connectivity index (χ3n) is 2.34. The van der Waals surface area contributed by atoms with Crippen molar-refractivity contribution in [3.63, 3.8) is 0 Å². The van der Waals surface area contributed by atoms with Crippen LogP contribution in [0.15, 0.2) is 6.33 Å². The second-order valence-electron chi connectivity index (χ2n) is 3.53. The summed E-state index contributed by atoms with van der Waals surface area (Å²) in [6, 6.07) is -0.655. The van der Waals surface area contributed by atoms with E-state index in [1.807, 2.05) is 6.92 Å². The fraction of sp³-hybridized carbons (Fsp3) is 0.545. The predicted molar refractivity (Wildman–Crippen MR) is 63.3 cm³/mol. The summed E-state index contributed by atoms with van der Waals surface area (Å²) in [6.07, 6.45) is 1.83. The number of rotatable bonds is 6. The van der Waals surface area contributed by atoms with Crippen molar-refractivity contribution in [2.45, 2.75) is 33.2 Å². The van der Waals surface area contributed by atoms with Crippen LogP contribution in [0.3, 0.4) is 0 Å². The van der Waals surface area contributed by atoms with Gasteiger partial charge in [0.1, 0.15) is 18.2 Å². The zero-order chi connectivity index (χ0) is 12.8. The number of nitrogens with one attached hydrogen (secondary N) is 1. The number of carboxylic acids is 1. The van der Waals surface area contributed by atoms with Crippen LogP contribution < -0.4 is 10.1 Å². The van der Waals surface area contributed by atoms with Crippen LogP contribution in [-0.4, -0.2) is 33.7 Å². The highest BCUT2D eigenvalue weighted by Gasteiger charge is 2.17. The Hall–Kier alpha value is -1.85. The molecule has 0 aromatic carbocycles. The lowest BCUT2D eigenvalue weighted by Gasteiger charge is -2.15. The fourth-order valence-electron chi connectivity index (χ4n) is 1.37. The molecule has 17 heavy (non-hydrogen) atoms. The average Bonchev–Trinajstić information content (AvgIpc) is 2.30. The normalized spacial score (nSPS) is 11.9. The maximum absolute atomic E-state index is 10.9. The van der Waals surface area contributed by atoms with Gasteiger partial charge in [0, 0.05) is 0 Å². The summed E-state index contributed by atoms with van der Waals surface area (Å²) in [5.74, 6) is 0.0754. The van der Waals surface area contributed by atoms with Gasteiger partial charge in [-0.05, 0) is 20.3 Å². The zero-order valence-electron chi connectivity index (χ0n) is 10.2. The van der Waals surface area contributed by atoms with Crippen molar-refractivity contribution >= 4 is 11.8 Å². The van der Waals surface area contributed by atoms with Gasteiger partial charge in [-0.25, -0.2) is 14.8 Å². The summed E-state index contributed by atoms with van der Waals surface area (Å²) < 4.78 is 5.31. The van der Waals surface area contributed by atoms with Crippen molar-refractivity contribution in [3.05, 3.63) is 11.9 Å². The molecule has 1 aromatic heterocycles. The second-order valence-corrected chi connectivity index (χ2v) is 3.53. The Morgan fingerprint density at radius 3 is 2.76 bits per heavy atom. The molecular formula is C11H17N3O3. The molecule has 0 fully saturated rings. The van der Waals surface area contributed by atoms with E-state index in [1.165, 1.54) is 6.33 Å². The summed E-state index contributed by atoms with van der Waals surface area (Å²) >= 11 is 0. The molecule has 0 saturated heterocycles. The van der Waals surface area contributed by atoms with Gasteiger partial charge < -0.3 is 15.2 Å². The minimum atomic E-state index is -0.900. The van der Waals surface area contributed by atoms with Crippen LogP contribution in [0.4, 0.5) is 5.82 Å². The van der Waals surface area contributed by atoms with E-state index in [0.717, 1.165) is 0 Å². The number of nitrogens with zero attached hydrogens (tertiary/aromatic N) is 2. The molecule has 6 nitrogen and oxygen atoms in total. The molecule has 0 aliphatic carbocycles. The molecule has 0 bridgehead atoms. The Morgan fingerprint density at radius 2 is 2.24 bits per heavy atom. The standard InChI is InChI=1S/C11H17N3O3/c1-4-8(11(15)16)14-9-7(3)10(17-5-2)13-6-12-9/h6,8H,4-5H2,1-3H3,(H,15,16)(H,12,13,14). The lowest BCUT2D eigenvalue weighted by Crippen LogP contribution is -2.29. The van der Waals surface area contributed by atoms with Gasteiger partial charge >= 0.3 is 5.97 Å². The first-order chi connectivity index (χ1) is 8.10. The minimum Gasteiger partial charge on any atom is -0.480 e. The first-order valence-corrected chi connectivity index (χ1v) is 5.53. The van der Waals surface area contributed by atoms with Gasteiger partial charge in [-0.2, -0.15) is 0 Å². The number of ether oxygens (including phenoxy) is 1. The number of hydrogen-bond acceptors (Lipinski definition) is 5. The van der Waals surface area contributed by atoms with Crippen LogP contribution in [0.25, 0.3) is 0 Å². The van der Waals surface area contributed by atoms with Crippen LogP contribution in [0.1, 0.15) is 25.8 Å². The lowest BCUT2D eigenvalue weighted by molar-refractivity contribution is -0.137. The average molecular weight is 239 g/mol. The molecule has 0 aliphatic rings. The molecule has 1 heterocycles. The number of carbonyl (C=O) groups is 1. The van der Waals surface area contributed by atoms with Gasteiger partial charge in [-0.15, -0.1) is 0 Å². The molecule has 1 atom stereocenters. The van der Waals surface area contributed by atoms with Gasteiger partial charge in [-0.1, -0.05) is 6.92 Å². The Bertz CT molecular complexity index is 396. The van der Waals surface area contributed by atoms with Crippen LogP contribution in [0, 0.1) is 6.92 Å². The lowest BCUT2D eigenvalue weighted by atomic mass is 10.2. The van der Waals surface area contributed by atoms with Crippen molar-refractivity contribution in [3.8, 4) is 5.88 Å². The van der Waals surface area contributed by atoms with E-state index in [-0.39, 0.29) is 0 Å². The van der Waals surface area contributed by atoms with Crippen LogP contribution in [0.5, 0.6) is 5.88 Å². The Labute approximate surface area is 100 Å². The Balaban J connectivity index is 2.90. The second kappa shape index (κ2) is 6.03. The van der Waals surface area contributed by atoms with Crippen LogP contribution >= 0.6 is 0 Å². The highest BCUT2D eigenvalue weighted by Crippen LogP contribution is 2.21. The number of aromatic nitrogens is 2. The number of hydrogen-bond donors (Lipinski definition) is 2. The monoisotopic (exact) mass is 239 g/mol. The van der Waals surface area contributed by atoms with Gasteiger partial charge in [0.05, 0.1) is 12.2 Å². The minimum absolute atomic E-state index is 0.475. The molecule has 0 saturated carbocycles. The van der Waals surface area contributed by atoms with Crippen molar-refractivity contribution in [2.24, 2.45) is 0 Å². The Kier molecular flexibility index (Phi) is 4.68. The van der Waals surface area contributed by atoms with E-state index in [0.29, 0.717) is 30.3 Å². The highest BCUT2D eigenvalue weighted by atomic mass is 16.5. The summed E-state index contributed by atoms with van der Waals surface area (Å²) in [6.45, 7) is 5.96. The summed E-state index contributed by atoms with van der Waals surface area (Å²) in [4.78, 5) is 18.9. The topological polar surface area (TPSA) is 84.3 Å². The molecule has 0 amide bonds. The molecule has 6 heteroatoms. The third-order valence-corrected chi connectivity index (χ3v) is 2.34. The SMILES string of the molecule is CCOc1ncnc(NC(CC)C(=O)O)c1C.